The van der Waals surface area contributed by atoms with Crippen molar-refractivity contribution in [2.75, 3.05) is 32.8 Å². The second kappa shape index (κ2) is 7.37. The Labute approximate surface area is 135 Å². The minimum Gasteiger partial charge on any atom is -0.465 e. The summed E-state index contributed by atoms with van der Waals surface area (Å²) in [5.74, 6) is -0.778. The van der Waals surface area contributed by atoms with Gasteiger partial charge in [-0.05, 0) is 38.1 Å². The van der Waals surface area contributed by atoms with Crippen LogP contribution in [0.25, 0.3) is 0 Å². The van der Waals surface area contributed by atoms with Gasteiger partial charge < -0.3 is 4.74 Å². The number of halogens is 1. The Morgan fingerprint density at radius 1 is 1.22 bits per heavy atom. The molecule has 128 valence electrons. The van der Waals surface area contributed by atoms with Gasteiger partial charge in [0.15, 0.2) is 0 Å². The van der Waals surface area contributed by atoms with Crippen LogP contribution in [0.2, 0.25) is 0 Å². The van der Waals surface area contributed by atoms with Gasteiger partial charge in [-0.1, -0.05) is 0 Å². The maximum absolute atomic E-state index is 12.9. The summed E-state index contributed by atoms with van der Waals surface area (Å²) >= 11 is 0. The zero-order valence-corrected chi connectivity index (χ0v) is 14.1. The predicted molar refractivity (Wildman–Crippen MR) is 82.8 cm³/mol. The summed E-state index contributed by atoms with van der Waals surface area (Å²) in [7, 11) is -3.63. The van der Waals surface area contributed by atoms with Crippen molar-refractivity contribution in [2.24, 2.45) is 0 Å². The van der Waals surface area contributed by atoms with Gasteiger partial charge in [0.05, 0.1) is 11.5 Å². The van der Waals surface area contributed by atoms with Crippen LogP contribution < -0.4 is 0 Å². The van der Waals surface area contributed by atoms with Gasteiger partial charge in [-0.2, -0.15) is 4.31 Å². The van der Waals surface area contributed by atoms with Gasteiger partial charge in [-0.3, -0.25) is 9.69 Å². The minimum absolute atomic E-state index is 0.0748. The van der Waals surface area contributed by atoms with Gasteiger partial charge in [-0.25, -0.2) is 12.8 Å². The second-order valence-electron chi connectivity index (χ2n) is 5.32. The Morgan fingerprint density at radius 2 is 1.78 bits per heavy atom. The van der Waals surface area contributed by atoms with Gasteiger partial charge >= 0.3 is 5.97 Å². The third kappa shape index (κ3) is 4.07. The molecule has 0 aromatic heterocycles. The van der Waals surface area contributed by atoms with Crippen LogP contribution >= 0.6 is 0 Å². The monoisotopic (exact) mass is 344 g/mol. The molecule has 1 fully saturated rings. The smallest absolute Gasteiger partial charge is 0.323 e. The molecule has 6 nitrogen and oxygen atoms in total. The number of carbonyl (C=O) groups is 1. The van der Waals surface area contributed by atoms with Crippen LogP contribution in [0.15, 0.2) is 29.2 Å². The molecule has 0 bridgehead atoms. The number of piperazine rings is 1. The van der Waals surface area contributed by atoms with Crippen LogP contribution in [0.5, 0.6) is 0 Å². The molecule has 0 saturated carbocycles. The van der Waals surface area contributed by atoms with Crippen molar-refractivity contribution in [1.82, 2.24) is 9.21 Å². The Hall–Kier alpha value is -1.51. The summed E-state index contributed by atoms with van der Waals surface area (Å²) in [6.07, 6.45) is 0. The summed E-state index contributed by atoms with van der Waals surface area (Å²) in [5.41, 5.74) is 0. The fourth-order valence-corrected chi connectivity index (χ4v) is 3.92. The van der Waals surface area contributed by atoms with Crippen molar-refractivity contribution >= 4 is 16.0 Å². The Kier molecular flexibility index (Phi) is 5.72. The van der Waals surface area contributed by atoms with E-state index >= 15 is 0 Å². The van der Waals surface area contributed by atoms with E-state index < -0.39 is 21.9 Å². The number of esters is 1. The van der Waals surface area contributed by atoms with Crippen LogP contribution in [-0.2, 0) is 19.6 Å². The van der Waals surface area contributed by atoms with Crippen molar-refractivity contribution in [2.45, 2.75) is 24.8 Å². The van der Waals surface area contributed by atoms with E-state index in [0.29, 0.717) is 19.7 Å². The Bertz CT molecular complexity index is 640. The molecule has 0 radical (unpaired) electrons. The number of hydrogen-bond donors (Lipinski definition) is 0. The van der Waals surface area contributed by atoms with Crippen LogP contribution in [0.3, 0.4) is 0 Å². The fraction of sp³-hybridized carbons (Fsp3) is 0.533. The van der Waals surface area contributed by atoms with E-state index in [2.05, 4.69) is 0 Å². The van der Waals surface area contributed by atoms with Crippen LogP contribution in [-0.4, -0.2) is 62.4 Å². The molecule has 0 aliphatic carbocycles. The van der Waals surface area contributed by atoms with E-state index in [0.717, 1.165) is 12.1 Å². The summed E-state index contributed by atoms with van der Waals surface area (Å²) in [6, 6.07) is 4.39. The van der Waals surface area contributed by atoms with Crippen LogP contribution in [0.1, 0.15) is 13.8 Å². The first-order valence-electron chi connectivity index (χ1n) is 7.52. The maximum Gasteiger partial charge on any atom is 0.323 e. The van der Waals surface area contributed by atoms with E-state index in [1.54, 1.807) is 13.8 Å². The van der Waals surface area contributed by atoms with Crippen molar-refractivity contribution in [1.29, 1.82) is 0 Å². The van der Waals surface area contributed by atoms with Crippen molar-refractivity contribution in [3.63, 3.8) is 0 Å². The molecule has 23 heavy (non-hydrogen) atoms. The standard InChI is InChI=1S/C15H21FN2O4S/c1-3-22-15(19)12(2)17-8-10-18(11-9-17)23(20,21)14-6-4-13(16)5-7-14/h4-7,12H,3,8-11H2,1-2H3/t12-/m1/s1. The van der Waals surface area contributed by atoms with E-state index in [1.807, 2.05) is 4.90 Å². The normalized spacial score (nSPS) is 18.6. The molecular formula is C15H21FN2O4S. The first-order valence-corrected chi connectivity index (χ1v) is 8.96. The van der Waals surface area contributed by atoms with Crippen molar-refractivity contribution < 1.29 is 22.3 Å². The first kappa shape index (κ1) is 17.8. The van der Waals surface area contributed by atoms with Crippen molar-refractivity contribution in [3.8, 4) is 0 Å². The summed E-state index contributed by atoms with van der Waals surface area (Å²) < 4.78 is 44.3. The van der Waals surface area contributed by atoms with Crippen LogP contribution in [0.4, 0.5) is 4.39 Å². The largest absolute Gasteiger partial charge is 0.465 e. The zero-order chi connectivity index (χ0) is 17.0. The van der Waals surface area contributed by atoms with Gasteiger partial charge in [-0.15, -0.1) is 0 Å². The van der Waals surface area contributed by atoms with Gasteiger partial charge in [0.2, 0.25) is 10.0 Å². The number of carbonyl (C=O) groups excluding carboxylic acids is 1. The van der Waals surface area contributed by atoms with Crippen LogP contribution in [0, 0.1) is 5.82 Å². The molecule has 1 aliphatic heterocycles. The van der Waals surface area contributed by atoms with Crippen molar-refractivity contribution in [3.05, 3.63) is 30.1 Å². The zero-order valence-electron chi connectivity index (χ0n) is 13.2. The highest BCUT2D eigenvalue weighted by Crippen LogP contribution is 2.19. The molecule has 1 aliphatic rings. The summed E-state index contributed by atoms with van der Waals surface area (Å²) in [6.45, 7) is 5.27. The lowest BCUT2D eigenvalue weighted by Crippen LogP contribution is -2.53. The Balaban J connectivity index is 2.01. The highest BCUT2D eigenvalue weighted by molar-refractivity contribution is 7.89. The topological polar surface area (TPSA) is 66.9 Å². The highest BCUT2D eigenvalue weighted by atomic mass is 32.2. The van der Waals surface area contributed by atoms with E-state index in [9.17, 15) is 17.6 Å². The fourth-order valence-electron chi connectivity index (χ4n) is 2.50. The summed E-state index contributed by atoms with van der Waals surface area (Å²) in [5, 5.41) is 0. The molecule has 1 saturated heterocycles. The molecule has 1 heterocycles. The average molecular weight is 344 g/mol. The lowest BCUT2D eigenvalue weighted by atomic mass is 10.2. The molecule has 2 rings (SSSR count). The van der Waals surface area contributed by atoms with E-state index in [-0.39, 0.29) is 24.0 Å². The van der Waals surface area contributed by atoms with Gasteiger partial charge in [0, 0.05) is 26.2 Å². The number of hydrogen-bond acceptors (Lipinski definition) is 5. The SMILES string of the molecule is CCOC(=O)[C@@H](C)N1CCN(S(=O)(=O)c2ccc(F)cc2)CC1. The third-order valence-corrected chi connectivity index (χ3v) is 5.81. The molecule has 1 atom stereocenters. The van der Waals surface area contributed by atoms with E-state index in [4.69, 9.17) is 4.74 Å². The first-order chi connectivity index (χ1) is 10.9. The Morgan fingerprint density at radius 3 is 2.30 bits per heavy atom. The quantitative estimate of drug-likeness (QED) is 0.748. The molecule has 0 amide bonds. The highest BCUT2D eigenvalue weighted by Gasteiger charge is 2.32. The number of sulfonamides is 1. The number of benzene rings is 1. The van der Waals surface area contributed by atoms with Gasteiger partial charge in [0.1, 0.15) is 11.9 Å². The number of rotatable bonds is 5. The maximum atomic E-state index is 12.9. The molecular weight excluding hydrogens is 323 g/mol. The third-order valence-electron chi connectivity index (χ3n) is 3.90. The number of nitrogens with zero attached hydrogens (tertiary/aromatic N) is 2. The lowest BCUT2D eigenvalue weighted by molar-refractivity contribution is -0.149. The molecule has 0 spiro atoms. The van der Waals surface area contributed by atoms with Gasteiger partial charge in [0.25, 0.3) is 0 Å². The molecule has 0 N–H and O–H groups in total. The van der Waals surface area contributed by atoms with E-state index in [1.165, 1.54) is 16.4 Å². The molecule has 8 heteroatoms. The molecule has 1 aromatic rings. The molecule has 0 unspecified atom stereocenters. The average Bonchev–Trinajstić information content (AvgIpc) is 2.55. The lowest BCUT2D eigenvalue weighted by Gasteiger charge is -2.36. The molecule has 1 aromatic carbocycles. The second-order valence-corrected chi connectivity index (χ2v) is 7.26. The minimum atomic E-state index is -3.63. The predicted octanol–water partition coefficient (Wildman–Crippen LogP) is 1.08. The summed E-state index contributed by atoms with van der Waals surface area (Å²) in [4.78, 5) is 13.7. The number of ether oxygens (including phenoxy) is 1.